The number of likely N-dealkylation sites (tertiary alicyclic amines) is 1. The summed E-state index contributed by atoms with van der Waals surface area (Å²) in [5.41, 5.74) is 3.90. The predicted octanol–water partition coefficient (Wildman–Crippen LogP) is 2.68. The summed E-state index contributed by atoms with van der Waals surface area (Å²) in [7, 11) is 0. The number of aromatic nitrogens is 5. The molecule has 1 aliphatic heterocycles. The van der Waals surface area contributed by atoms with Gasteiger partial charge in [0, 0.05) is 24.7 Å². The summed E-state index contributed by atoms with van der Waals surface area (Å²) in [6.45, 7) is 4.48. The third-order valence-electron chi connectivity index (χ3n) is 5.75. The van der Waals surface area contributed by atoms with Crippen LogP contribution in [-0.2, 0) is 0 Å². The fraction of sp³-hybridized carbons (Fsp3) is 0.286. The minimum absolute atomic E-state index is 0.242. The van der Waals surface area contributed by atoms with Gasteiger partial charge in [-0.1, -0.05) is 12.1 Å². The Labute approximate surface area is 176 Å². The fourth-order valence-corrected chi connectivity index (χ4v) is 4.08. The maximum atomic E-state index is 13.0. The van der Waals surface area contributed by atoms with Gasteiger partial charge in [0.2, 0.25) is 0 Å². The van der Waals surface area contributed by atoms with E-state index in [9.17, 15) is 14.7 Å². The fourth-order valence-electron chi connectivity index (χ4n) is 4.08. The number of aromatic amines is 2. The van der Waals surface area contributed by atoms with Crippen LogP contribution in [0.1, 0.15) is 29.3 Å². The largest absolute Gasteiger partial charge is 0.465 e. The molecule has 0 aliphatic carbocycles. The highest BCUT2D eigenvalue weighted by molar-refractivity contribution is 6.05. The lowest BCUT2D eigenvalue weighted by Gasteiger charge is -2.25. The number of carboxylic acid groups (broad SMARTS) is 1. The van der Waals surface area contributed by atoms with Crippen molar-refractivity contribution in [1.29, 1.82) is 0 Å². The number of nitrogens with zero attached hydrogens (tertiary/aromatic N) is 4. The molecule has 1 aromatic carbocycles. The Morgan fingerprint density at radius 3 is 2.94 bits per heavy atom. The zero-order valence-corrected chi connectivity index (χ0v) is 17.1. The van der Waals surface area contributed by atoms with Crippen molar-refractivity contribution in [2.45, 2.75) is 25.8 Å². The molecule has 158 valence electrons. The van der Waals surface area contributed by atoms with Crippen molar-refractivity contribution in [3.05, 3.63) is 41.7 Å². The highest BCUT2D eigenvalue weighted by Gasteiger charge is 2.37. The molecule has 31 heavy (non-hydrogen) atoms. The summed E-state index contributed by atoms with van der Waals surface area (Å²) in [5, 5.41) is 20.5. The second kappa shape index (κ2) is 6.79. The molecular formula is C21H21N7O3. The third kappa shape index (κ3) is 3.25. The highest BCUT2D eigenvalue weighted by atomic mass is 16.4. The maximum absolute atomic E-state index is 13.0. The van der Waals surface area contributed by atoms with Gasteiger partial charge in [-0.3, -0.25) is 9.89 Å². The summed E-state index contributed by atoms with van der Waals surface area (Å²) in [4.78, 5) is 37.6. The van der Waals surface area contributed by atoms with Crippen molar-refractivity contribution < 1.29 is 14.7 Å². The van der Waals surface area contributed by atoms with Crippen LogP contribution in [0.4, 0.5) is 4.79 Å². The molecule has 1 saturated heterocycles. The van der Waals surface area contributed by atoms with Crippen molar-refractivity contribution in [3.8, 4) is 11.4 Å². The first-order valence-electron chi connectivity index (χ1n) is 9.93. The standard InChI is InChI=1S/C21H21N7O3/c1-11-3-4-12-14(7-11)26-27-16(12)15-9-23-18-17(24-15)13(8-22-18)19(29)25-21(2)5-6-28(10-21)20(30)31/h3-4,7-9H,5-6,10H2,1-2H3,(H,22,23)(H,25,29)(H,26,27)(H,30,31). The maximum Gasteiger partial charge on any atom is 0.407 e. The SMILES string of the molecule is Cc1ccc2c(-c3cnc4[nH]cc(C(=O)NC5(C)CCN(C(=O)O)C5)c4n3)n[nH]c2c1. The van der Waals surface area contributed by atoms with Crippen molar-refractivity contribution in [1.82, 2.24) is 35.4 Å². The lowest BCUT2D eigenvalue weighted by Crippen LogP contribution is -2.48. The molecule has 4 aromatic rings. The Bertz CT molecular complexity index is 1340. The molecule has 0 radical (unpaired) electrons. The van der Waals surface area contributed by atoms with Crippen molar-refractivity contribution >= 4 is 34.1 Å². The Morgan fingerprint density at radius 2 is 2.16 bits per heavy atom. The number of hydrogen-bond donors (Lipinski definition) is 4. The first-order valence-corrected chi connectivity index (χ1v) is 9.93. The molecule has 1 atom stereocenters. The molecule has 0 bridgehead atoms. The number of aryl methyl sites for hydroxylation is 1. The topological polar surface area (TPSA) is 140 Å². The molecule has 0 spiro atoms. The van der Waals surface area contributed by atoms with Gasteiger partial charge in [0.25, 0.3) is 5.91 Å². The second-order valence-electron chi connectivity index (χ2n) is 8.24. The minimum Gasteiger partial charge on any atom is -0.465 e. The first-order chi connectivity index (χ1) is 14.8. The van der Waals surface area contributed by atoms with E-state index in [1.54, 1.807) is 12.4 Å². The molecule has 4 heterocycles. The van der Waals surface area contributed by atoms with Crippen molar-refractivity contribution in [3.63, 3.8) is 0 Å². The van der Waals surface area contributed by atoms with Crippen LogP contribution in [0.25, 0.3) is 33.5 Å². The lowest BCUT2D eigenvalue weighted by atomic mass is 10.0. The van der Waals surface area contributed by atoms with Crippen LogP contribution in [0.2, 0.25) is 0 Å². The number of carbonyl (C=O) groups is 2. The van der Waals surface area contributed by atoms with Crippen LogP contribution in [0.15, 0.2) is 30.6 Å². The van der Waals surface area contributed by atoms with Gasteiger partial charge in [-0.05, 0) is 31.9 Å². The highest BCUT2D eigenvalue weighted by Crippen LogP contribution is 2.27. The van der Waals surface area contributed by atoms with Gasteiger partial charge in [-0.25, -0.2) is 14.8 Å². The van der Waals surface area contributed by atoms with E-state index < -0.39 is 11.6 Å². The number of rotatable bonds is 3. The summed E-state index contributed by atoms with van der Waals surface area (Å²) >= 11 is 0. The number of amides is 2. The molecule has 3 aromatic heterocycles. The average molecular weight is 419 g/mol. The molecule has 1 fully saturated rings. The molecule has 1 unspecified atom stereocenters. The molecular weight excluding hydrogens is 398 g/mol. The van der Waals surface area contributed by atoms with E-state index in [2.05, 4.69) is 30.5 Å². The Hall–Kier alpha value is -3.95. The van der Waals surface area contributed by atoms with Crippen molar-refractivity contribution in [2.75, 3.05) is 13.1 Å². The lowest BCUT2D eigenvalue weighted by molar-refractivity contribution is 0.0906. The third-order valence-corrected chi connectivity index (χ3v) is 5.75. The van der Waals surface area contributed by atoms with E-state index >= 15 is 0 Å². The van der Waals surface area contributed by atoms with E-state index in [4.69, 9.17) is 0 Å². The number of nitrogens with one attached hydrogen (secondary N) is 3. The van der Waals surface area contributed by atoms with Gasteiger partial charge in [0.1, 0.15) is 16.9 Å². The van der Waals surface area contributed by atoms with Gasteiger partial charge >= 0.3 is 6.09 Å². The normalized spacial score (nSPS) is 18.7. The van der Waals surface area contributed by atoms with Gasteiger partial charge in [0.05, 0.1) is 22.8 Å². The van der Waals surface area contributed by atoms with Gasteiger partial charge in [0.15, 0.2) is 5.65 Å². The zero-order chi connectivity index (χ0) is 21.8. The number of fused-ring (bicyclic) bond motifs is 2. The number of benzene rings is 1. The number of H-pyrrole nitrogens is 2. The quantitative estimate of drug-likeness (QED) is 0.402. The van der Waals surface area contributed by atoms with E-state index in [1.165, 1.54) is 4.90 Å². The van der Waals surface area contributed by atoms with E-state index in [-0.39, 0.29) is 12.5 Å². The average Bonchev–Trinajstić information content (AvgIpc) is 3.43. The molecule has 2 amide bonds. The van der Waals surface area contributed by atoms with E-state index in [1.807, 2.05) is 32.0 Å². The predicted molar refractivity (Wildman–Crippen MR) is 114 cm³/mol. The van der Waals surface area contributed by atoms with Crippen LogP contribution in [0.5, 0.6) is 0 Å². The monoisotopic (exact) mass is 419 g/mol. The van der Waals surface area contributed by atoms with Gasteiger partial charge in [-0.15, -0.1) is 0 Å². The first kappa shape index (κ1) is 19.0. The van der Waals surface area contributed by atoms with Crippen LogP contribution < -0.4 is 5.32 Å². The van der Waals surface area contributed by atoms with Crippen LogP contribution >= 0.6 is 0 Å². The Kier molecular flexibility index (Phi) is 4.17. The molecule has 10 nitrogen and oxygen atoms in total. The summed E-state index contributed by atoms with van der Waals surface area (Å²) in [6, 6.07) is 6.00. The van der Waals surface area contributed by atoms with Crippen molar-refractivity contribution in [2.24, 2.45) is 0 Å². The minimum atomic E-state index is -0.984. The Balaban J connectivity index is 1.48. The molecule has 10 heteroatoms. The number of carbonyl (C=O) groups excluding carboxylic acids is 1. The van der Waals surface area contributed by atoms with Gasteiger partial charge in [-0.2, -0.15) is 5.10 Å². The summed E-state index contributed by atoms with van der Waals surface area (Å²) < 4.78 is 0. The molecule has 5 rings (SSSR count). The zero-order valence-electron chi connectivity index (χ0n) is 17.1. The van der Waals surface area contributed by atoms with Crippen LogP contribution in [0, 0.1) is 6.92 Å². The van der Waals surface area contributed by atoms with E-state index in [0.29, 0.717) is 41.1 Å². The van der Waals surface area contributed by atoms with Crippen LogP contribution in [0.3, 0.4) is 0 Å². The van der Waals surface area contributed by atoms with Crippen LogP contribution in [-0.4, -0.2) is 65.8 Å². The molecule has 0 saturated carbocycles. The van der Waals surface area contributed by atoms with E-state index in [0.717, 1.165) is 16.5 Å². The smallest absolute Gasteiger partial charge is 0.407 e. The summed E-state index contributed by atoms with van der Waals surface area (Å²) in [5.74, 6) is -0.324. The number of hydrogen-bond acceptors (Lipinski definition) is 5. The summed E-state index contributed by atoms with van der Waals surface area (Å²) in [6.07, 6.45) is 2.76. The second-order valence-corrected chi connectivity index (χ2v) is 8.24. The molecule has 1 aliphatic rings. The van der Waals surface area contributed by atoms with Gasteiger partial charge < -0.3 is 20.3 Å². The Morgan fingerprint density at radius 1 is 1.32 bits per heavy atom. The molecule has 4 N–H and O–H groups in total.